The lowest BCUT2D eigenvalue weighted by Gasteiger charge is -2.33. The second-order valence-corrected chi connectivity index (χ2v) is 5.18. The fraction of sp³-hybridized carbons (Fsp3) is 0.571. The van der Waals surface area contributed by atoms with E-state index in [4.69, 9.17) is 10.5 Å². The predicted octanol–water partition coefficient (Wildman–Crippen LogP) is 1.79. The summed E-state index contributed by atoms with van der Waals surface area (Å²) in [6.45, 7) is 1.94. The van der Waals surface area contributed by atoms with E-state index in [-0.39, 0.29) is 0 Å². The monoisotopic (exact) mass is 232 g/mol. The topological polar surface area (TPSA) is 38.5 Å². The van der Waals surface area contributed by atoms with Gasteiger partial charge in [0.1, 0.15) is 5.75 Å². The summed E-state index contributed by atoms with van der Waals surface area (Å²) in [6, 6.07) is 7.17. The maximum Gasteiger partial charge on any atom is 0.119 e. The van der Waals surface area contributed by atoms with E-state index in [1.165, 1.54) is 30.5 Å². The fourth-order valence-electron chi connectivity index (χ4n) is 3.24. The minimum Gasteiger partial charge on any atom is -0.497 e. The number of benzene rings is 1. The number of anilines is 1. The minimum atomic E-state index is 0.674. The molecule has 0 amide bonds. The van der Waals surface area contributed by atoms with Gasteiger partial charge in [-0.15, -0.1) is 0 Å². The van der Waals surface area contributed by atoms with E-state index in [2.05, 4.69) is 23.1 Å². The standard InChI is InChI=1S/C14H20N2O/c1-17-13-4-5-14-11(7-13)2-3-12-6-10(8-15)9-16(12)14/h4-5,7,10,12H,2-3,6,8-9,15H2,1H3. The van der Waals surface area contributed by atoms with Gasteiger partial charge in [-0.25, -0.2) is 0 Å². The molecule has 0 bridgehead atoms. The zero-order valence-corrected chi connectivity index (χ0v) is 10.4. The number of aryl methyl sites for hydroxylation is 1. The van der Waals surface area contributed by atoms with Gasteiger partial charge in [0, 0.05) is 18.3 Å². The Morgan fingerprint density at radius 1 is 1.47 bits per heavy atom. The van der Waals surface area contributed by atoms with E-state index < -0.39 is 0 Å². The quantitative estimate of drug-likeness (QED) is 0.845. The van der Waals surface area contributed by atoms with Crippen molar-refractivity contribution in [1.29, 1.82) is 0 Å². The van der Waals surface area contributed by atoms with E-state index >= 15 is 0 Å². The van der Waals surface area contributed by atoms with Gasteiger partial charge in [0.05, 0.1) is 7.11 Å². The maximum atomic E-state index is 5.81. The molecule has 92 valence electrons. The molecule has 2 unspecified atom stereocenters. The molecule has 2 aliphatic heterocycles. The van der Waals surface area contributed by atoms with E-state index in [9.17, 15) is 0 Å². The van der Waals surface area contributed by atoms with E-state index in [1.807, 2.05) is 0 Å². The van der Waals surface area contributed by atoms with Crippen molar-refractivity contribution < 1.29 is 4.74 Å². The molecule has 0 aliphatic carbocycles. The van der Waals surface area contributed by atoms with Gasteiger partial charge < -0.3 is 15.4 Å². The third-order valence-electron chi connectivity index (χ3n) is 4.18. The second kappa shape index (κ2) is 4.22. The van der Waals surface area contributed by atoms with Gasteiger partial charge >= 0.3 is 0 Å². The maximum absolute atomic E-state index is 5.81. The summed E-state index contributed by atoms with van der Waals surface area (Å²) < 4.78 is 5.30. The summed E-state index contributed by atoms with van der Waals surface area (Å²) in [4.78, 5) is 2.55. The highest BCUT2D eigenvalue weighted by Crippen LogP contribution is 2.39. The van der Waals surface area contributed by atoms with Gasteiger partial charge in [-0.05, 0) is 55.5 Å². The Morgan fingerprint density at radius 2 is 2.35 bits per heavy atom. The molecular weight excluding hydrogens is 212 g/mol. The number of hydrogen-bond acceptors (Lipinski definition) is 3. The molecule has 17 heavy (non-hydrogen) atoms. The van der Waals surface area contributed by atoms with Gasteiger partial charge in [-0.3, -0.25) is 0 Å². The number of rotatable bonds is 2. The summed E-state index contributed by atoms with van der Waals surface area (Å²) in [6.07, 6.45) is 3.70. The smallest absolute Gasteiger partial charge is 0.119 e. The van der Waals surface area contributed by atoms with Crippen LogP contribution in [-0.2, 0) is 6.42 Å². The molecule has 0 aromatic heterocycles. The predicted molar refractivity (Wildman–Crippen MR) is 69.6 cm³/mol. The third-order valence-corrected chi connectivity index (χ3v) is 4.18. The lowest BCUT2D eigenvalue weighted by Crippen LogP contribution is -2.34. The van der Waals surface area contributed by atoms with Crippen LogP contribution < -0.4 is 15.4 Å². The van der Waals surface area contributed by atoms with Crippen molar-refractivity contribution in [3.8, 4) is 5.75 Å². The summed E-state index contributed by atoms with van der Waals surface area (Å²) in [5.74, 6) is 1.64. The minimum absolute atomic E-state index is 0.674. The summed E-state index contributed by atoms with van der Waals surface area (Å²) >= 11 is 0. The molecule has 1 aromatic carbocycles. The summed E-state index contributed by atoms with van der Waals surface area (Å²) in [7, 11) is 1.73. The molecule has 2 heterocycles. The van der Waals surface area contributed by atoms with Crippen LogP contribution in [0.25, 0.3) is 0 Å². The Morgan fingerprint density at radius 3 is 3.12 bits per heavy atom. The molecule has 2 N–H and O–H groups in total. The SMILES string of the molecule is COc1ccc2c(c1)CCC1CC(CN)CN21. The van der Waals surface area contributed by atoms with Gasteiger partial charge in [0.15, 0.2) is 0 Å². The van der Waals surface area contributed by atoms with Crippen molar-refractivity contribution >= 4 is 5.69 Å². The Hall–Kier alpha value is -1.22. The number of ether oxygens (including phenoxy) is 1. The highest BCUT2D eigenvalue weighted by atomic mass is 16.5. The molecule has 0 spiro atoms. The average molecular weight is 232 g/mol. The molecule has 2 aliphatic rings. The van der Waals surface area contributed by atoms with Crippen LogP contribution in [0.2, 0.25) is 0 Å². The largest absolute Gasteiger partial charge is 0.497 e. The second-order valence-electron chi connectivity index (χ2n) is 5.18. The summed E-state index contributed by atoms with van der Waals surface area (Å²) in [5.41, 5.74) is 8.64. The molecule has 1 fully saturated rings. The van der Waals surface area contributed by atoms with Crippen LogP contribution in [0, 0.1) is 5.92 Å². The van der Waals surface area contributed by atoms with Crippen LogP contribution >= 0.6 is 0 Å². The van der Waals surface area contributed by atoms with Crippen molar-refractivity contribution in [3.63, 3.8) is 0 Å². The highest BCUT2D eigenvalue weighted by molar-refractivity contribution is 5.59. The zero-order chi connectivity index (χ0) is 11.8. The van der Waals surface area contributed by atoms with E-state index in [1.54, 1.807) is 7.11 Å². The Labute approximate surface area is 103 Å². The number of hydrogen-bond donors (Lipinski definition) is 1. The Kier molecular flexibility index (Phi) is 2.71. The van der Waals surface area contributed by atoms with Crippen molar-refractivity contribution in [1.82, 2.24) is 0 Å². The van der Waals surface area contributed by atoms with Gasteiger partial charge in [-0.2, -0.15) is 0 Å². The zero-order valence-electron chi connectivity index (χ0n) is 10.4. The molecule has 0 radical (unpaired) electrons. The van der Waals surface area contributed by atoms with Crippen LogP contribution in [-0.4, -0.2) is 26.2 Å². The third kappa shape index (κ3) is 1.78. The normalized spacial score (nSPS) is 26.6. The van der Waals surface area contributed by atoms with Crippen LogP contribution in [0.3, 0.4) is 0 Å². The van der Waals surface area contributed by atoms with E-state index in [0.717, 1.165) is 18.8 Å². The van der Waals surface area contributed by atoms with Gasteiger partial charge in [-0.1, -0.05) is 0 Å². The first kappa shape index (κ1) is 10.9. The number of nitrogens with zero attached hydrogens (tertiary/aromatic N) is 1. The Balaban J connectivity index is 1.91. The molecular formula is C14H20N2O. The van der Waals surface area contributed by atoms with Crippen molar-refractivity contribution in [2.24, 2.45) is 11.7 Å². The van der Waals surface area contributed by atoms with Crippen LogP contribution in [0.1, 0.15) is 18.4 Å². The molecule has 1 saturated heterocycles. The molecule has 2 atom stereocenters. The first-order chi connectivity index (χ1) is 8.31. The first-order valence-corrected chi connectivity index (χ1v) is 6.45. The first-order valence-electron chi connectivity index (χ1n) is 6.45. The number of methoxy groups -OCH3 is 1. The van der Waals surface area contributed by atoms with Crippen LogP contribution in [0.4, 0.5) is 5.69 Å². The van der Waals surface area contributed by atoms with Crippen molar-refractivity contribution in [2.75, 3.05) is 25.1 Å². The average Bonchev–Trinajstić information content (AvgIpc) is 2.81. The number of fused-ring (bicyclic) bond motifs is 3. The molecule has 1 aromatic rings. The Bertz CT molecular complexity index is 419. The highest BCUT2D eigenvalue weighted by Gasteiger charge is 2.34. The number of nitrogens with two attached hydrogens (primary N) is 1. The van der Waals surface area contributed by atoms with Gasteiger partial charge in [0.2, 0.25) is 0 Å². The fourth-order valence-corrected chi connectivity index (χ4v) is 3.24. The molecule has 3 nitrogen and oxygen atoms in total. The van der Waals surface area contributed by atoms with E-state index in [0.29, 0.717) is 12.0 Å². The van der Waals surface area contributed by atoms with Crippen molar-refractivity contribution in [2.45, 2.75) is 25.3 Å². The molecule has 0 saturated carbocycles. The van der Waals surface area contributed by atoms with Gasteiger partial charge in [0.25, 0.3) is 0 Å². The molecule has 3 heteroatoms. The summed E-state index contributed by atoms with van der Waals surface area (Å²) in [5, 5.41) is 0. The van der Waals surface area contributed by atoms with Crippen molar-refractivity contribution in [3.05, 3.63) is 23.8 Å². The lowest BCUT2D eigenvalue weighted by atomic mass is 9.95. The molecule has 3 rings (SSSR count). The van der Waals surface area contributed by atoms with Crippen LogP contribution in [0.5, 0.6) is 5.75 Å². The lowest BCUT2D eigenvalue weighted by molar-refractivity contribution is 0.413. The van der Waals surface area contributed by atoms with Crippen LogP contribution in [0.15, 0.2) is 18.2 Å².